The van der Waals surface area contributed by atoms with Crippen LogP contribution in [-0.4, -0.2) is 71.2 Å². The molecule has 3 fully saturated rings. The van der Waals surface area contributed by atoms with Gasteiger partial charge in [-0.3, -0.25) is 14.4 Å². The molecule has 3 amide bonds. The summed E-state index contributed by atoms with van der Waals surface area (Å²) < 4.78 is 0. The number of nitrogens with zero attached hydrogens (tertiary/aromatic N) is 3. The van der Waals surface area contributed by atoms with Gasteiger partial charge in [-0.1, -0.05) is 30.3 Å². The average Bonchev–Trinajstić information content (AvgIpc) is 3.30. The first-order valence-corrected chi connectivity index (χ1v) is 10.0. The third kappa shape index (κ3) is 3.84. The molecule has 3 aliphatic heterocycles. The molecule has 3 saturated heterocycles. The van der Waals surface area contributed by atoms with E-state index in [2.05, 4.69) is 0 Å². The SMILES string of the molecule is O=C(CCc1ccccc1)N1CC(N2CC(C(=O)N3CCCC3)CC2=O)C1. The van der Waals surface area contributed by atoms with Gasteiger partial charge in [0.25, 0.3) is 0 Å². The molecule has 6 heteroatoms. The Balaban J connectivity index is 1.23. The standard InChI is InChI=1S/C21H27N3O3/c25-19(9-8-16-6-2-1-3-7-16)23-14-18(15-23)24-13-17(12-20(24)26)21(27)22-10-4-5-11-22/h1-3,6-7,17-18H,4-5,8-15H2. The lowest BCUT2D eigenvalue weighted by Crippen LogP contribution is -2.61. The van der Waals surface area contributed by atoms with Crippen molar-refractivity contribution in [3.05, 3.63) is 35.9 Å². The van der Waals surface area contributed by atoms with Crippen LogP contribution >= 0.6 is 0 Å². The number of aryl methyl sites for hydroxylation is 1. The monoisotopic (exact) mass is 369 g/mol. The van der Waals surface area contributed by atoms with Gasteiger partial charge >= 0.3 is 0 Å². The fourth-order valence-electron chi connectivity index (χ4n) is 4.36. The van der Waals surface area contributed by atoms with Crippen LogP contribution in [0.1, 0.15) is 31.2 Å². The van der Waals surface area contributed by atoms with Crippen molar-refractivity contribution in [1.29, 1.82) is 0 Å². The van der Waals surface area contributed by atoms with E-state index in [0.717, 1.165) is 32.4 Å². The number of rotatable bonds is 5. The highest BCUT2D eigenvalue weighted by Gasteiger charge is 2.44. The van der Waals surface area contributed by atoms with Gasteiger partial charge in [0.2, 0.25) is 17.7 Å². The van der Waals surface area contributed by atoms with Crippen LogP contribution < -0.4 is 0 Å². The number of amides is 3. The van der Waals surface area contributed by atoms with E-state index in [1.807, 2.05) is 45.0 Å². The molecule has 27 heavy (non-hydrogen) atoms. The second-order valence-electron chi connectivity index (χ2n) is 7.92. The molecule has 1 aromatic carbocycles. The second kappa shape index (κ2) is 7.71. The van der Waals surface area contributed by atoms with E-state index in [0.29, 0.717) is 32.5 Å². The fraction of sp³-hybridized carbons (Fsp3) is 0.571. The van der Waals surface area contributed by atoms with Crippen LogP contribution in [0.2, 0.25) is 0 Å². The summed E-state index contributed by atoms with van der Waals surface area (Å²) in [4.78, 5) is 42.8. The molecule has 3 heterocycles. The minimum absolute atomic E-state index is 0.0638. The molecular formula is C21H27N3O3. The first kappa shape index (κ1) is 18.0. The Morgan fingerprint density at radius 2 is 1.67 bits per heavy atom. The fourth-order valence-corrected chi connectivity index (χ4v) is 4.36. The van der Waals surface area contributed by atoms with Gasteiger partial charge in [-0.15, -0.1) is 0 Å². The maximum Gasteiger partial charge on any atom is 0.227 e. The van der Waals surface area contributed by atoms with Gasteiger partial charge in [0.15, 0.2) is 0 Å². The van der Waals surface area contributed by atoms with Gasteiger partial charge < -0.3 is 14.7 Å². The van der Waals surface area contributed by atoms with Gasteiger partial charge in [-0.05, 0) is 24.8 Å². The quantitative estimate of drug-likeness (QED) is 0.786. The van der Waals surface area contributed by atoms with Crippen molar-refractivity contribution in [1.82, 2.24) is 14.7 Å². The molecule has 0 aromatic heterocycles. The lowest BCUT2D eigenvalue weighted by molar-refractivity contribution is -0.144. The minimum atomic E-state index is -0.196. The number of hydrogen-bond acceptors (Lipinski definition) is 3. The first-order chi connectivity index (χ1) is 13.1. The van der Waals surface area contributed by atoms with Gasteiger partial charge in [-0.25, -0.2) is 0 Å². The Kier molecular flexibility index (Phi) is 5.14. The largest absolute Gasteiger partial charge is 0.342 e. The molecular weight excluding hydrogens is 342 g/mol. The summed E-state index contributed by atoms with van der Waals surface area (Å²) in [6, 6.07) is 10.1. The van der Waals surface area contributed by atoms with E-state index >= 15 is 0 Å². The lowest BCUT2D eigenvalue weighted by Gasteiger charge is -2.44. The smallest absolute Gasteiger partial charge is 0.227 e. The van der Waals surface area contributed by atoms with Crippen LogP contribution in [0.4, 0.5) is 0 Å². The summed E-state index contributed by atoms with van der Waals surface area (Å²) in [7, 11) is 0. The first-order valence-electron chi connectivity index (χ1n) is 10.0. The molecule has 3 aliphatic rings. The number of carbonyl (C=O) groups excluding carboxylic acids is 3. The summed E-state index contributed by atoms with van der Waals surface area (Å²) in [5, 5.41) is 0. The van der Waals surface area contributed by atoms with E-state index in [4.69, 9.17) is 0 Å². The van der Waals surface area contributed by atoms with Crippen LogP contribution in [0.15, 0.2) is 30.3 Å². The van der Waals surface area contributed by atoms with E-state index in [1.165, 1.54) is 5.56 Å². The summed E-state index contributed by atoms with van der Waals surface area (Å²) >= 11 is 0. The predicted octanol–water partition coefficient (Wildman–Crippen LogP) is 1.30. The Morgan fingerprint density at radius 3 is 2.37 bits per heavy atom. The van der Waals surface area contributed by atoms with E-state index in [9.17, 15) is 14.4 Å². The van der Waals surface area contributed by atoms with Crippen LogP contribution in [-0.2, 0) is 20.8 Å². The van der Waals surface area contributed by atoms with Crippen molar-refractivity contribution in [2.75, 3.05) is 32.7 Å². The highest BCUT2D eigenvalue weighted by atomic mass is 16.2. The molecule has 0 radical (unpaired) electrons. The molecule has 0 spiro atoms. The Hall–Kier alpha value is -2.37. The minimum Gasteiger partial charge on any atom is -0.342 e. The number of likely N-dealkylation sites (tertiary alicyclic amines) is 3. The Morgan fingerprint density at radius 1 is 0.963 bits per heavy atom. The molecule has 4 rings (SSSR count). The molecule has 0 aliphatic carbocycles. The summed E-state index contributed by atoms with van der Waals surface area (Å²) in [5.74, 6) is 0.150. The van der Waals surface area contributed by atoms with Crippen molar-refractivity contribution in [2.24, 2.45) is 5.92 Å². The lowest BCUT2D eigenvalue weighted by atomic mass is 10.0. The summed E-state index contributed by atoms with van der Waals surface area (Å²) in [6.07, 6.45) is 3.71. The van der Waals surface area contributed by atoms with Crippen LogP contribution in [0, 0.1) is 5.92 Å². The summed E-state index contributed by atoms with van der Waals surface area (Å²) in [5.41, 5.74) is 1.17. The van der Waals surface area contributed by atoms with E-state index < -0.39 is 0 Å². The average molecular weight is 369 g/mol. The molecule has 6 nitrogen and oxygen atoms in total. The molecule has 1 unspecified atom stereocenters. The third-order valence-electron chi connectivity index (χ3n) is 6.05. The van der Waals surface area contributed by atoms with Crippen molar-refractivity contribution >= 4 is 17.7 Å². The molecule has 0 saturated carbocycles. The van der Waals surface area contributed by atoms with Crippen molar-refractivity contribution < 1.29 is 14.4 Å². The van der Waals surface area contributed by atoms with Gasteiger partial charge in [0, 0.05) is 45.6 Å². The molecule has 0 bridgehead atoms. The number of hydrogen-bond donors (Lipinski definition) is 0. The van der Waals surface area contributed by atoms with E-state index in [1.54, 1.807) is 0 Å². The van der Waals surface area contributed by atoms with Gasteiger partial charge in [0.1, 0.15) is 0 Å². The van der Waals surface area contributed by atoms with Crippen molar-refractivity contribution in [3.63, 3.8) is 0 Å². The molecule has 0 N–H and O–H groups in total. The van der Waals surface area contributed by atoms with Gasteiger partial charge in [0.05, 0.1) is 12.0 Å². The zero-order valence-electron chi connectivity index (χ0n) is 15.7. The van der Waals surface area contributed by atoms with Crippen LogP contribution in [0.3, 0.4) is 0 Å². The number of carbonyl (C=O) groups is 3. The molecule has 1 aromatic rings. The Bertz CT molecular complexity index is 709. The van der Waals surface area contributed by atoms with E-state index in [-0.39, 0.29) is 29.7 Å². The second-order valence-corrected chi connectivity index (χ2v) is 7.92. The maximum atomic E-state index is 12.5. The summed E-state index contributed by atoms with van der Waals surface area (Å²) in [6.45, 7) is 3.38. The number of benzene rings is 1. The third-order valence-corrected chi connectivity index (χ3v) is 6.05. The maximum absolute atomic E-state index is 12.5. The highest BCUT2D eigenvalue weighted by molar-refractivity contribution is 5.90. The topological polar surface area (TPSA) is 60.9 Å². The zero-order valence-corrected chi connectivity index (χ0v) is 15.7. The highest BCUT2D eigenvalue weighted by Crippen LogP contribution is 2.27. The van der Waals surface area contributed by atoms with Gasteiger partial charge in [-0.2, -0.15) is 0 Å². The Labute approximate surface area is 160 Å². The van der Waals surface area contributed by atoms with Crippen LogP contribution in [0.5, 0.6) is 0 Å². The van der Waals surface area contributed by atoms with Crippen LogP contribution in [0.25, 0.3) is 0 Å². The molecule has 144 valence electrons. The van der Waals surface area contributed by atoms with Crippen molar-refractivity contribution in [3.8, 4) is 0 Å². The predicted molar refractivity (Wildman–Crippen MR) is 101 cm³/mol. The van der Waals surface area contributed by atoms with Crippen molar-refractivity contribution in [2.45, 2.75) is 38.1 Å². The molecule has 1 atom stereocenters. The normalized spacial score (nSPS) is 23.0. The zero-order chi connectivity index (χ0) is 18.8.